The zero-order valence-corrected chi connectivity index (χ0v) is 17.3. The Morgan fingerprint density at radius 2 is 1.76 bits per heavy atom. The van der Waals surface area contributed by atoms with E-state index < -0.39 is 0 Å². The van der Waals surface area contributed by atoms with Gasteiger partial charge in [0.1, 0.15) is 5.75 Å². The molecule has 0 saturated carbocycles. The summed E-state index contributed by atoms with van der Waals surface area (Å²) in [6, 6.07) is 15.0. The average molecular weight is 443 g/mol. The van der Waals surface area contributed by atoms with Crippen molar-refractivity contribution in [1.29, 1.82) is 0 Å². The van der Waals surface area contributed by atoms with Crippen LogP contribution < -0.4 is 4.74 Å². The standard InChI is InChI=1S/C19H12Cl2N6OS/c1-28-12-5-2-10(3-6-12)15-9-16(23-22-15)18-26-27-17(24-25-19(27)29-18)11-4-7-13(20)14(21)8-11/h2-9H,1H3,(H,22,23). The summed E-state index contributed by atoms with van der Waals surface area (Å²) in [7, 11) is 1.64. The summed E-state index contributed by atoms with van der Waals surface area (Å²) in [4.78, 5) is 0.668. The number of nitrogens with zero attached hydrogens (tertiary/aromatic N) is 5. The zero-order chi connectivity index (χ0) is 20.0. The lowest BCUT2D eigenvalue weighted by Crippen LogP contribution is -1.91. The number of methoxy groups -OCH3 is 1. The Bertz CT molecular complexity index is 1320. The molecule has 0 unspecified atom stereocenters. The molecule has 10 heteroatoms. The largest absolute Gasteiger partial charge is 0.497 e. The van der Waals surface area contributed by atoms with Gasteiger partial charge in [-0.15, -0.1) is 10.2 Å². The molecule has 7 nitrogen and oxygen atoms in total. The van der Waals surface area contributed by atoms with Crippen LogP contribution >= 0.6 is 34.5 Å². The molecule has 29 heavy (non-hydrogen) atoms. The third-order valence-corrected chi connectivity index (χ3v) is 6.03. The minimum Gasteiger partial charge on any atom is -0.497 e. The predicted octanol–water partition coefficient (Wildman–Crippen LogP) is 5.23. The van der Waals surface area contributed by atoms with Crippen molar-refractivity contribution in [3.05, 3.63) is 58.6 Å². The Labute approximate surface area is 178 Å². The number of H-pyrrole nitrogens is 1. The third kappa shape index (κ3) is 3.25. The molecule has 0 aliphatic heterocycles. The molecule has 0 atom stereocenters. The molecular weight excluding hydrogens is 431 g/mol. The molecule has 0 radical (unpaired) electrons. The zero-order valence-electron chi connectivity index (χ0n) is 14.9. The topological polar surface area (TPSA) is 81.0 Å². The third-order valence-electron chi connectivity index (χ3n) is 4.36. The second-order valence-electron chi connectivity index (χ2n) is 6.15. The molecule has 144 valence electrons. The first kappa shape index (κ1) is 18.1. The Balaban J connectivity index is 1.50. The van der Waals surface area contributed by atoms with Gasteiger partial charge in [-0.1, -0.05) is 34.5 Å². The van der Waals surface area contributed by atoms with Crippen LogP contribution in [0.3, 0.4) is 0 Å². The Morgan fingerprint density at radius 3 is 2.52 bits per heavy atom. The predicted molar refractivity (Wildman–Crippen MR) is 114 cm³/mol. The van der Waals surface area contributed by atoms with Gasteiger partial charge in [0.15, 0.2) is 10.8 Å². The van der Waals surface area contributed by atoms with E-state index in [0.717, 1.165) is 33.3 Å². The number of rotatable bonds is 4. The summed E-state index contributed by atoms with van der Waals surface area (Å²) >= 11 is 13.6. The molecular formula is C19H12Cl2N6OS. The summed E-state index contributed by atoms with van der Waals surface area (Å²) in [6.45, 7) is 0. The highest BCUT2D eigenvalue weighted by Gasteiger charge is 2.17. The molecule has 0 aliphatic rings. The van der Waals surface area contributed by atoms with Gasteiger partial charge >= 0.3 is 0 Å². The molecule has 5 rings (SSSR count). The molecule has 3 heterocycles. The van der Waals surface area contributed by atoms with Crippen molar-refractivity contribution < 1.29 is 4.74 Å². The van der Waals surface area contributed by atoms with E-state index in [9.17, 15) is 0 Å². The maximum Gasteiger partial charge on any atom is 0.235 e. The maximum absolute atomic E-state index is 6.13. The van der Waals surface area contributed by atoms with E-state index in [1.165, 1.54) is 11.3 Å². The van der Waals surface area contributed by atoms with Crippen molar-refractivity contribution >= 4 is 39.5 Å². The second-order valence-corrected chi connectivity index (χ2v) is 7.92. The van der Waals surface area contributed by atoms with E-state index in [0.29, 0.717) is 20.8 Å². The van der Waals surface area contributed by atoms with Crippen molar-refractivity contribution in [2.24, 2.45) is 0 Å². The fraction of sp³-hybridized carbons (Fsp3) is 0.0526. The highest BCUT2D eigenvalue weighted by atomic mass is 35.5. The van der Waals surface area contributed by atoms with E-state index in [4.69, 9.17) is 27.9 Å². The van der Waals surface area contributed by atoms with E-state index in [2.05, 4.69) is 25.5 Å². The number of ether oxygens (including phenoxy) is 1. The van der Waals surface area contributed by atoms with Crippen molar-refractivity contribution in [3.8, 4) is 39.1 Å². The summed E-state index contributed by atoms with van der Waals surface area (Å²) in [5.41, 5.74) is 3.38. The number of hydrogen-bond donors (Lipinski definition) is 1. The van der Waals surface area contributed by atoms with E-state index in [-0.39, 0.29) is 0 Å². The Hall–Kier alpha value is -2.94. The number of aromatic amines is 1. The van der Waals surface area contributed by atoms with Crippen molar-refractivity contribution in [3.63, 3.8) is 0 Å². The molecule has 0 fully saturated rings. The molecule has 5 aromatic rings. The van der Waals surface area contributed by atoms with Crippen LogP contribution in [0.1, 0.15) is 0 Å². The Kier molecular flexibility index (Phi) is 4.46. The number of nitrogens with one attached hydrogen (secondary N) is 1. The lowest BCUT2D eigenvalue weighted by molar-refractivity contribution is 0.415. The number of halogens is 2. The van der Waals surface area contributed by atoms with Crippen LogP contribution in [-0.4, -0.2) is 37.1 Å². The van der Waals surface area contributed by atoms with Gasteiger partial charge in [0.2, 0.25) is 4.96 Å². The lowest BCUT2D eigenvalue weighted by Gasteiger charge is -2.00. The summed E-state index contributed by atoms with van der Waals surface area (Å²) in [5.74, 6) is 1.39. The van der Waals surface area contributed by atoms with Crippen LogP contribution in [0.2, 0.25) is 10.0 Å². The fourth-order valence-corrected chi connectivity index (χ4v) is 3.99. The quantitative estimate of drug-likeness (QED) is 0.412. The molecule has 0 spiro atoms. The van der Waals surface area contributed by atoms with Gasteiger partial charge in [0.25, 0.3) is 0 Å². The van der Waals surface area contributed by atoms with Crippen molar-refractivity contribution in [1.82, 2.24) is 30.0 Å². The van der Waals surface area contributed by atoms with Crippen LogP contribution in [0.25, 0.3) is 38.3 Å². The van der Waals surface area contributed by atoms with Crippen LogP contribution in [0.5, 0.6) is 5.75 Å². The van der Waals surface area contributed by atoms with Crippen LogP contribution in [-0.2, 0) is 0 Å². The van der Waals surface area contributed by atoms with Gasteiger partial charge in [0.05, 0.1) is 28.5 Å². The van der Waals surface area contributed by atoms with Crippen LogP contribution in [0.15, 0.2) is 48.5 Å². The van der Waals surface area contributed by atoms with Crippen molar-refractivity contribution in [2.75, 3.05) is 7.11 Å². The molecule has 0 saturated heterocycles. The molecule has 0 bridgehead atoms. The van der Waals surface area contributed by atoms with E-state index >= 15 is 0 Å². The number of hydrogen-bond acceptors (Lipinski definition) is 6. The molecule has 3 aromatic heterocycles. The van der Waals surface area contributed by atoms with E-state index in [1.54, 1.807) is 23.8 Å². The fourth-order valence-electron chi connectivity index (χ4n) is 2.88. The molecule has 2 aromatic carbocycles. The first-order valence-corrected chi connectivity index (χ1v) is 10.1. The number of aromatic nitrogens is 6. The minimum atomic E-state index is 0.453. The smallest absolute Gasteiger partial charge is 0.235 e. The van der Waals surface area contributed by atoms with Gasteiger partial charge in [-0.3, -0.25) is 5.10 Å². The SMILES string of the molecule is COc1ccc(-c2cc(-c3nn4c(-c5ccc(Cl)c(Cl)c5)nnc4s3)[nH]n2)cc1. The van der Waals surface area contributed by atoms with Crippen molar-refractivity contribution in [2.45, 2.75) is 0 Å². The Morgan fingerprint density at radius 1 is 0.966 bits per heavy atom. The number of fused-ring (bicyclic) bond motifs is 1. The number of benzene rings is 2. The summed E-state index contributed by atoms with van der Waals surface area (Å²) < 4.78 is 6.89. The van der Waals surface area contributed by atoms with Gasteiger partial charge in [-0.05, 0) is 48.5 Å². The van der Waals surface area contributed by atoms with Gasteiger partial charge in [-0.25, -0.2) is 0 Å². The van der Waals surface area contributed by atoms with E-state index in [1.807, 2.05) is 36.4 Å². The first-order valence-electron chi connectivity index (χ1n) is 8.50. The summed E-state index contributed by atoms with van der Waals surface area (Å²) in [5, 5.41) is 22.2. The molecule has 1 N–H and O–H groups in total. The minimum absolute atomic E-state index is 0.453. The normalized spacial score (nSPS) is 11.3. The van der Waals surface area contributed by atoms with Gasteiger partial charge in [0, 0.05) is 11.1 Å². The first-order chi connectivity index (χ1) is 14.1. The monoisotopic (exact) mass is 442 g/mol. The second kappa shape index (κ2) is 7.14. The van der Waals surface area contributed by atoms with Crippen LogP contribution in [0.4, 0.5) is 0 Å². The van der Waals surface area contributed by atoms with Gasteiger partial charge < -0.3 is 4.74 Å². The highest BCUT2D eigenvalue weighted by molar-refractivity contribution is 7.19. The molecule has 0 aliphatic carbocycles. The van der Waals surface area contributed by atoms with Gasteiger partial charge in [-0.2, -0.15) is 14.7 Å². The summed E-state index contributed by atoms with van der Waals surface area (Å²) in [6.07, 6.45) is 0. The maximum atomic E-state index is 6.13. The van der Waals surface area contributed by atoms with Crippen LogP contribution in [0, 0.1) is 0 Å². The average Bonchev–Trinajstić information content (AvgIpc) is 3.45. The highest BCUT2D eigenvalue weighted by Crippen LogP contribution is 2.31. The molecule has 0 amide bonds. The lowest BCUT2D eigenvalue weighted by atomic mass is 10.1.